The van der Waals surface area contributed by atoms with Crippen molar-refractivity contribution in [1.82, 2.24) is 0 Å². The van der Waals surface area contributed by atoms with E-state index in [0.29, 0.717) is 11.3 Å². The summed E-state index contributed by atoms with van der Waals surface area (Å²) in [6.07, 6.45) is 0. The van der Waals surface area contributed by atoms with E-state index < -0.39 is 5.97 Å². The lowest BCUT2D eigenvalue weighted by Gasteiger charge is -2.19. The number of carboxylic acids is 1. The lowest BCUT2D eigenvalue weighted by atomic mass is 9.86. The molecule has 0 saturated heterocycles. The van der Waals surface area contributed by atoms with Gasteiger partial charge in [0.25, 0.3) is 5.91 Å². The first kappa shape index (κ1) is 16.5. The van der Waals surface area contributed by atoms with Crippen molar-refractivity contribution in [2.75, 3.05) is 11.1 Å². The van der Waals surface area contributed by atoms with Crippen molar-refractivity contribution in [3.8, 4) is 0 Å². The Labute approximate surface area is 135 Å². The maximum Gasteiger partial charge on any atom is 0.337 e. The van der Waals surface area contributed by atoms with Gasteiger partial charge in [0.2, 0.25) is 0 Å². The van der Waals surface area contributed by atoms with E-state index in [2.05, 4.69) is 26.1 Å². The number of nitrogens with one attached hydrogen (secondary N) is 1. The van der Waals surface area contributed by atoms with E-state index in [1.807, 2.05) is 12.1 Å². The monoisotopic (exact) mass is 312 g/mol. The van der Waals surface area contributed by atoms with Gasteiger partial charge in [-0.15, -0.1) is 0 Å². The number of rotatable bonds is 3. The van der Waals surface area contributed by atoms with Crippen molar-refractivity contribution in [3.63, 3.8) is 0 Å². The first-order valence-electron chi connectivity index (χ1n) is 7.23. The number of nitrogen functional groups attached to an aromatic ring is 1. The predicted molar refractivity (Wildman–Crippen MR) is 90.9 cm³/mol. The molecule has 1 amide bonds. The zero-order chi connectivity index (χ0) is 17.2. The van der Waals surface area contributed by atoms with Gasteiger partial charge in [-0.25, -0.2) is 4.79 Å². The Morgan fingerprint density at radius 1 is 1.04 bits per heavy atom. The molecule has 5 heteroatoms. The van der Waals surface area contributed by atoms with Gasteiger partial charge in [0.1, 0.15) is 0 Å². The van der Waals surface area contributed by atoms with Crippen molar-refractivity contribution >= 4 is 23.3 Å². The van der Waals surface area contributed by atoms with E-state index in [1.54, 1.807) is 18.2 Å². The number of hydrogen-bond donors (Lipinski definition) is 3. The van der Waals surface area contributed by atoms with E-state index in [-0.39, 0.29) is 22.6 Å². The summed E-state index contributed by atoms with van der Waals surface area (Å²) in [7, 11) is 0. The van der Waals surface area contributed by atoms with Crippen molar-refractivity contribution in [3.05, 3.63) is 59.2 Å². The van der Waals surface area contributed by atoms with Crippen LogP contribution in [0.15, 0.2) is 42.5 Å². The molecule has 2 aromatic carbocycles. The van der Waals surface area contributed by atoms with Crippen molar-refractivity contribution < 1.29 is 14.7 Å². The van der Waals surface area contributed by atoms with Gasteiger partial charge in [-0.2, -0.15) is 0 Å². The maximum atomic E-state index is 12.3. The molecule has 0 fully saturated rings. The summed E-state index contributed by atoms with van der Waals surface area (Å²) in [6, 6.07) is 11.6. The minimum Gasteiger partial charge on any atom is -0.478 e. The molecule has 0 atom stereocenters. The highest BCUT2D eigenvalue weighted by atomic mass is 16.4. The molecule has 0 spiro atoms. The van der Waals surface area contributed by atoms with Crippen LogP contribution in [0.3, 0.4) is 0 Å². The van der Waals surface area contributed by atoms with Crippen LogP contribution in [0, 0.1) is 0 Å². The average Bonchev–Trinajstić information content (AvgIpc) is 2.48. The largest absolute Gasteiger partial charge is 0.478 e. The summed E-state index contributed by atoms with van der Waals surface area (Å²) in [6.45, 7) is 6.28. The average molecular weight is 312 g/mol. The molecule has 0 aliphatic heterocycles. The van der Waals surface area contributed by atoms with Gasteiger partial charge in [0.15, 0.2) is 0 Å². The van der Waals surface area contributed by atoms with Crippen LogP contribution in [0.4, 0.5) is 11.4 Å². The number of carbonyl (C=O) groups is 2. The van der Waals surface area contributed by atoms with Crippen LogP contribution in [0.1, 0.15) is 47.1 Å². The number of benzene rings is 2. The van der Waals surface area contributed by atoms with Crippen LogP contribution in [0.2, 0.25) is 0 Å². The molecule has 0 aliphatic rings. The van der Waals surface area contributed by atoms with Crippen LogP contribution in [-0.4, -0.2) is 17.0 Å². The Morgan fingerprint density at radius 2 is 1.65 bits per heavy atom. The third-order valence-corrected chi connectivity index (χ3v) is 3.54. The number of carboxylic acid groups (broad SMARTS) is 1. The zero-order valence-electron chi connectivity index (χ0n) is 13.4. The number of nitrogens with two attached hydrogens (primary N) is 1. The van der Waals surface area contributed by atoms with Crippen LogP contribution < -0.4 is 11.1 Å². The molecule has 23 heavy (non-hydrogen) atoms. The lowest BCUT2D eigenvalue weighted by Crippen LogP contribution is -2.16. The Morgan fingerprint density at radius 3 is 2.17 bits per heavy atom. The normalized spacial score (nSPS) is 11.1. The standard InChI is InChI=1S/C18H20N2O3/c1-18(2,3)12-6-4-11(5-7-12)16(21)20-15-9-8-13(19)10-14(15)17(22)23/h4-10H,19H2,1-3H3,(H,20,21)(H,22,23). The summed E-state index contributed by atoms with van der Waals surface area (Å²) in [5, 5.41) is 11.8. The maximum absolute atomic E-state index is 12.3. The minimum atomic E-state index is -1.14. The Hall–Kier alpha value is -2.82. The van der Waals surface area contributed by atoms with Crippen molar-refractivity contribution in [2.24, 2.45) is 0 Å². The SMILES string of the molecule is CC(C)(C)c1ccc(C(=O)Nc2ccc(N)cc2C(=O)O)cc1. The molecular weight excluding hydrogens is 292 g/mol. The molecule has 0 heterocycles. The Balaban J connectivity index is 2.24. The Bertz CT molecular complexity index is 744. The predicted octanol–water partition coefficient (Wildman–Crippen LogP) is 3.52. The fraction of sp³-hybridized carbons (Fsp3) is 0.222. The van der Waals surface area contributed by atoms with Crippen LogP contribution >= 0.6 is 0 Å². The summed E-state index contributed by atoms with van der Waals surface area (Å²) in [5.74, 6) is -1.51. The number of amides is 1. The van der Waals surface area contributed by atoms with Gasteiger partial charge < -0.3 is 16.2 Å². The third kappa shape index (κ3) is 3.88. The van der Waals surface area contributed by atoms with Gasteiger partial charge in [-0.1, -0.05) is 32.9 Å². The molecule has 0 bridgehead atoms. The number of anilines is 2. The van der Waals surface area contributed by atoms with Gasteiger partial charge >= 0.3 is 5.97 Å². The van der Waals surface area contributed by atoms with Crippen LogP contribution in [0.5, 0.6) is 0 Å². The number of carbonyl (C=O) groups excluding carboxylic acids is 1. The summed E-state index contributed by atoms with van der Waals surface area (Å²) < 4.78 is 0. The van der Waals surface area contributed by atoms with Gasteiger partial charge in [-0.05, 0) is 41.3 Å². The van der Waals surface area contributed by atoms with Gasteiger partial charge in [-0.3, -0.25) is 4.79 Å². The number of hydrogen-bond acceptors (Lipinski definition) is 3. The van der Waals surface area contributed by atoms with Crippen molar-refractivity contribution in [2.45, 2.75) is 26.2 Å². The van der Waals surface area contributed by atoms with E-state index in [1.165, 1.54) is 12.1 Å². The molecule has 2 aromatic rings. The molecule has 2 rings (SSSR count). The van der Waals surface area contributed by atoms with E-state index in [0.717, 1.165) is 5.56 Å². The van der Waals surface area contributed by atoms with E-state index in [4.69, 9.17) is 5.73 Å². The topological polar surface area (TPSA) is 92.4 Å². The second-order valence-electron chi connectivity index (χ2n) is 6.39. The minimum absolute atomic E-state index is 0.00242. The zero-order valence-corrected chi connectivity index (χ0v) is 13.4. The molecular formula is C18H20N2O3. The number of aromatic carboxylic acids is 1. The smallest absolute Gasteiger partial charge is 0.337 e. The quantitative estimate of drug-likeness (QED) is 0.756. The second kappa shape index (κ2) is 6.12. The highest BCUT2D eigenvalue weighted by Gasteiger charge is 2.16. The second-order valence-corrected chi connectivity index (χ2v) is 6.39. The first-order valence-corrected chi connectivity index (χ1v) is 7.23. The molecule has 5 nitrogen and oxygen atoms in total. The fourth-order valence-corrected chi connectivity index (χ4v) is 2.16. The molecule has 0 unspecified atom stereocenters. The van der Waals surface area contributed by atoms with Crippen molar-refractivity contribution in [1.29, 1.82) is 0 Å². The molecule has 4 N–H and O–H groups in total. The lowest BCUT2D eigenvalue weighted by molar-refractivity contribution is 0.0698. The molecule has 0 radical (unpaired) electrons. The summed E-state index contributed by atoms with van der Waals surface area (Å²) in [5.41, 5.74) is 7.68. The Kier molecular flexibility index (Phi) is 4.40. The summed E-state index contributed by atoms with van der Waals surface area (Å²) >= 11 is 0. The summed E-state index contributed by atoms with van der Waals surface area (Å²) in [4.78, 5) is 23.5. The molecule has 0 saturated carbocycles. The van der Waals surface area contributed by atoms with Gasteiger partial charge in [0.05, 0.1) is 11.3 Å². The fourth-order valence-electron chi connectivity index (χ4n) is 2.16. The highest BCUT2D eigenvalue weighted by Crippen LogP contribution is 2.23. The van der Waals surface area contributed by atoms with Gasteiger partial charge in [0, 0.05) is 11.3 Å². The first-order chi connectivity index (χ1) is 10.7. The van der Waals surface area contributed by atoms with Crippen LogP contribution in [0.25, 0.3) is 0 Å². The van der Waals surface area contributed by atoms with E-state index >= 15 is 0 Å². The highest BCUT2D eigenvalue weighted by molar-refractivity contribution is 6.08. The molecule has 0 aliphatic carbocycles. The molecule has 0 aromatic heterocycles. The van der Waals surface area contributed by atoms with Crippen LogP contribution in [-0.2, 0) is 5.41 Å². The van der Waals surface area contributed by atoms with E-state index in [9.17, 15) is 14.7 Å². The third-order valence-electron chi connectivity index (χ3n) is 3.54. The molecule has 120 valence electrons.